The quantitative estimate of drug-likeness (QED) is 0.620. The van der Waals surface area contributed by atoms with E-state index in [4.69, 9.17) is 10.8 Å². The third-order valence-corrected chi connectivity index (χ3v) is 5.44. The summed E-state index contributed by atoms with van der Waals surface area (Å²) in [6, 6.07) is 3.17. The van der Waals surface area contributed by atoms with E-state index >= 15 is 0 Å². The van der Waals surface area contributed by atoms with E-state index in [2.05, 4.69) is 36.6 Å². The maximum absolute atomic E-state index is 12.2. The first-order valence-electron chi connectivity index (χ1n) is 5.63. The zero-order valence-corrected chi connectivity index (χ0v) is 14.3. The van der Waals surface area contributed by atoms with Gasteiger partial charge in [0, 0.05) is 22.1 Å². The van der Waals surface area contributed by atoms with Gasteiger partial charge in [0.05, 0.1) is 5.69 Å². The van der Waals surface area contributed by atoms with Crippen LogP contribution in [0, 0.1) is 5.92 Å². The maximum atomic E-state index is 12.2. The van der Waals surface area contributed by atoms with Crippen molar-refractivity contribution >= 4 is 47.6 Å². The molecule has 8 heteroatoms. The van der Waals surface area contributed by atoms with Crippen molar-refractivity contribution in [1.82, 2.24) is 4.72 Å². The van der Waals surface area contributed by atoms with Crippen molar-refractivity contribution in [3.05, 3.63) is 21.1 Å². The van der Waals surface area contributed by atoms with Gasteiger partial charge in [0.1, 0.15) is 4.90 Å². The molecule has 0 aliphatic carbocycles. The molecule has 5 nitrogen and oxygen atoms in total. The second-order valence-corrected chi connectivity index (χ2v) is 7.75. The molecule has 0 fully saturated rings. The molecular weight excluding hydrogens is 400 g/mol. The van der Waals surface area contributed by atoms with Crippen LogP contribution in [0.5, 0.6) is 0 Å². The highest BCUT2D eigenvalue weighted by Gasteiger charge is 2.22. The third kappa shape index (κ3) is 4.71. The van der Waals surface area contributed by atoms with Crippen LogP contribution in [0.3, 0.4) is 0 Å². The van der Waals surface area contributed by atoms with Gasteiger partial charge in [-0.25, -0.2) is 13.1 Å². The van der Waals surface area contributed by atoms with Crippen LogP contribution in [0.4, 0.5) is 5.69 Å². The Bertz CT molecular complexity index is 526. The van der Waals surface area contributed by atoms with E-state index < -0.39 is 10.0 Å². The SMILES string of the molecule is CC(CCO)CNS(=O)(=O)c1c(N)cc(Br)cc1Br. The van der Waals surface area contributed by atoms with Gasteiger partial charge in [0.15, 0.2) is 0 Å². The number of hydrogen-bond acceptors (Lipinski definition) is 4. The van der Waals surface area contributed by atoms with E-state index in [1.165, 1.54) is 6.07 Å². The molecule has 0 amide bonds. The zero-order chi connectivity index (χ0) is 14.6. The predicted octanol–water partition coefficient (Wildman–Crippen LogP) is 2.09. The second kappa shape index (κ2) is 7.03. The minimum absolute atomic E-state index is 0.0342. The highest BCUT2D eigenvalue weighted by Crippen LogP contribution is 2.31. The van der Waals surface area contributed by atoms with Gasteiger partial charge in [-0.2, -0.15) is 0 Å². The molecule has 0 aliphatic heterocycles. The predicted molar refractivity (Wildman–Crippen MR) is 82.3 cm³/mol. The monoisotopic (exact) mass is 414 g/mol. The lowest BCUT2D eigenvalue weighted by atomic mass is 10.1. The minimum atomic E-state index is -3.68. The summed E-state index contributed by atoms with van der Waals surface area (Å²) < 4.78 is 28.0. The van der Waals surface area contributed by atoms with Gasteiger partial charge in [0.2, 0.25) is 10.0 Å². The van der Waals surface area contributed by atoms with Crippen LogP contribution < -0.4 is 10.5 Å². The van der Waals surface area contributed by atoms with Crippen LogP contribution in [0.1, 0.15) is 13.3 Å². The van der Waals surface area contributed by atoms with Crippen LogP contribution in [-0.4, -0.2) is 26.7 Å². The fourth-order valence-corrected chi connectivity index (χ4v) is 4.74. The molecule has 1 aromatic rings. The number of halogens is 2. The number of sulfonamides is 1. The lowest BCUT2D eigenvalue weighted by molar-refractivity contribution is 0.263. The molecule has 1 atom stereocenters. The fraction of sp³-hybridized carbons (Fsp3) is 0.455. The number of anilines is 1. The second-order valence-electron chi connectivity index (χ2n) is 4.28. The largest absolute Gasteiger partial charge is 0.398 e. The molecule has 0 saturated heterocycles. The van der Waals surface area contributed by atoms with Gasteiger partial charge in [0.25, 0.3) is 0 Å². The van der Waals surface area contributed by atoms with Gasteiger partial charge in [-0.15, -0.1) is 0 Å². The summed E-state index contributed by atoms with van der Waals surface area (Å²) >= 11 is 6.45. The Hall–Kier alpha value is -0.150. The first-order chi connectivity index (χ1) is 8.77. The molecule has 1 unspecified atom stereocenters. The van der Waals surface area contributed by atoms with Crippen LogP contribution in [-0.2, 0) is 10.0 Å². The van der Waals surface area contributed by atoms with Crippen LogP contribution >= 0.6 is 31.9 Å². The minimum Gasteiger partial charge on any atom is -0.398 e. The molecule has 0 spiro atoms. The van der Waals surface area contributed by atoms with Crippen molar-refractivity contribution in [1.29, 1.82) is 0 Å². The Labute approximate surface area is 129 Å². The molecule has 0 heterocycles. The molecule has 0 aromatic heterocycles. The summed E-state index contributed by atoms with van der Waals surface area (Å²) in [5, 5.41) is 8.79. The van der Waals surface area contributed by atoms with Crippen molar-refractivity contribution < 1.29 is 13.5 Å². The first-order valence-corrected chi connectivity index (χ1v) is 8.70. The molecule has 0 bridgehead atoms. The summed E-state index contributed by atoms with van der Waals surface area (Å²) in [5.74, 6) is 0.0511. The molecule has 19 heavy (non-hydrogen) atoms. The highest BCUT2D eigenvalue weighted by molar-refractivity contribution is 9.11. The van der Waals surface area contributed by atoms with Crippen LogP contribution in [0.2, 0.25) is 0 Å². The normalized spacial score (nSPS) is 13.5. The Morgan fingerprint density at radius 1 is 1.42 bits per heavy atom. The van der Waals surface area contributed by atoms with E-state index in [1.54, 1.807) is 6.07 Å². The average Bonchev–Trinajstić information content (AvgIpc) is 2.25. The summed E-state index contributed by atoms with van der Waals surface area (Å²) in [6.07, 6.45) is 0.541. The number of hydrogen-bond donors (Lipinski definition) is 3. The van der Waals surface area contributed by atoms with E-state index in [-0.39, 0.29) is 29.7 Å². The number of aliphatic hydroxyl groups is 1. The molecule has 0 aliphatic rings. The number of aliphatic hydroxyl groups excluding tert-OH is 1. The van der Waals surface area contributed by atoms with Gasteiger partial charge in [-0.1, -0.05) is 22.9 Å². The smallest absolute Gasteiger partial charge is 0.243 e. The van der Waals surface area contributed by atoms with Gasteiger partial charge >= 0.3 is 0 Å². The summed E-state index contributed by atoms with van der Waals surface area (Å²) in [6.45, 7) is 2.15. The number of benzene rings is 1. The summed E-state index contributed by atoms with van der Waals surface area (Å²) in [5.41, 5.74) is 5.92. The molecule has 1 aromatic carbocycles. The van der Waals surface area contributed by atoms with Crippen molar-refractivity contribution in [3.63, 3.8) is 0 Å². The van der Waals surface area contributed by atoms with E-state index in [9.17, 15) is 8.42 Å². The Morgan fingerprint density at radius 3 is 2.58 bits per heavy atom. The van der Waals surface area contributed by atoms with E-state index in [1.807, 2.05) is 6.92 Å². The van der Waals surface area contributed by atoms with Crippen molar-refractivity contribution in [2.75, 3.05) is 18.9 Å². The van der Waals surface area contributed by atoms with E-state index in [0.29, 0.717) is 15.4 Å². The summed E-state index contributed by atoms with van der Waals surface area (Å²) in [4.78, 5) is 0.0342. The third-order valence-electron chi connectivity index (χ3n) is 2.55. The molecule has 0 radical (unpaired) electrons. The van der Waals surface area contributed by atoms with Crippen LogP contribution in [0.25, 0.3) is 0 Å². The molecule has 1 rings (SSSR count). The number of rotatable bonds is 6. The Balaban J connectivity index is 2.95. The molecular formula is C11H16Br2N2O3S. The lowest BCUT2D eigenvalue weighted by Crippen LogP contribution is -2.29. The average molecular weight is 416 g/mol. The van der Waals surface area contributed by atoms with Crippen LogP contribution in [0.15, 0.2) is 26.0 Å². The molecule has 0 saturated carbocycles. The number of nitrogens with one attached hydrogen (secondary N) is 1. The van der Waals surface area contributed by atoms with Crippen molar-refractivity contribution in [3.8, 4) is 0 Å². The van der Waals surface area contributed by atoms with Crippen molar-refractivity contribution in [2.45, 2.75) is 18.2 Å². The number of nitrogen functional groups attached to an aromatic ring is 1. The Kier molecular flexibility index (Phi) is 6.25. The Morgan fingerprint density at radius 2 is 2.05 bits per heavy atom. The standard InChI is InChI=1S/C11H16Br2N2O3S/c1-7(2-3-16)6-15-19(17,18)11-9(13)4-8(12)5-10(11)14/h4-5,7,15-16H,2-3,6,14H2,1H3. The van der Waals surface area contributed by atoms with Gasteiger partial charge in [-0.3, -0.25) is 0 Å². The summed E-state index contributed by atoms with van der Waals surface area (Å²) in [7, 11) is -3.68. The van der Waals surface area contributed by atoms with E-state index in [0.717, 1.165) is 0 Å². The van der Waals surface area contributed by atoms with Gasteiger partial charge < -0.3 is 10.8 Å². The highest BCUT2D eigenvalue weighted by atomic mass is 79.9. The van der Waals surface area contributed by atoms with Crippen molar-refractivity contribution in [2.24, 2.45) is 5.92 Å². The molecule has 108 valence electrons. The number of nitrogens with two attached hydrogens (primary N) is 1. The topological polar surface area (TPSA) is 92.4 Å². The lowest BCUT2D eigenvalue weighted by Gasteiger charge is -2.14. The molecule has 4 N–H and O–H groups in total. The zero-order valence-electron chi connectivity index (χ0n) is 10.4. The maximum Gasteiger partial charge on any atom is 0.243 e. The first kappa shape index (κ1) is 16.9. The fourth-order valence-electron chi connectivity index (χ4n) is 1.51. The van der Waals surface area contributed by atoms with Gasteiger partial charge in [-0.05, 0) is 40.4 Å².